The lowest BCUT2D eigenvalue weighted by Crippen LogP contribution is -1.90. The van der Waals surface area contributed by atoms with E-state index >= 15 is 0 Å². The molecule has 0 saturated heterocycles. The Morgan fingerprint density at radius 1 is 1.05 bits per heavy atom. The van der Waals surface area contributed by atoms with E-state index in [1.54, 1.807) is 12.1 Å². The molecule has 0 unspecified atom stereocenters. The Balaban J connectivity index is 2.22. The molecule has 1 aromatic heterocycles. The maximum Gasteiger partial charge on any atom is 0.176 e. The van der Waals surface area contributed by atoms with Gasteiger partial charge in [-0.1, -0.05) is 39.3 Å². The number of hydrogen-bond acceptors (Lipinski definition) is 3. The van der Waals surface area contributed by atoms with Crippen molar-refractivity contribution in [3.63, 3.8) is 0 Å². The molecule has 0 atom stereocenters. The highest BCUT2D eigenvalue weighted by Gasteiger charge is 2.20. The van der Waals surface area contributed by atoms with Crippen LogP contribution in [0.3, 0.4) is 0 Å². The molecule has 0 saturated carbocycles. The van der Waals surface area contributed by atoms with Crippen molar-refractivity contribution < 1.29 is 8.91 Å². The first-order valence-corrected chi connectivity index (χ1v) is 7.62. The van der Waals surface area contributed by atoms with Crippen molar-refractivity contribution in [3.8, 4) is 22.5 Å². The first-order chi connectivity index (χ1) is 10.1. The van der Waals surface area contributed by atoms with E-state index in [1.807, 2.05) is 24.3 Å². The van der Waals surface area contributed by atoms with Gasteiger partial charge in [-0.2, -0.15) is 0 Å². The number of rotatable bonds is 2. The summed E-state index contributed by atoms with van der Waals surface area (Å²) in [6.07, 6.45) is 0. The van der Waals surface area contributed by atoms with Gasteiger partial charge >= 0.3 is 0 Å². The molecule has 1 heterocycles. The van der Waals surface area contributed by atoms with Crippen molar-refractivity contribution in [1.82, 2.24) is 5.16 Å². The first-order valence-electron chi connectivity index (χ1n) is 6.03. The summed E-state index contributed by atoms with van der Waals surface area (Å²) in [5, 5.41) is 3.84. The van der Waals surface area contributed by atoms with Crippen LogP contribution in [0.25, 0.3) is 22.5 Å². The molecule has 0 fully saturated rings. The van der Waals surface area contributed by atoms with Gasteiger partial charge in [-0.25, -0.2) is 4.39 Å². The minimum absolute atomic E-state index is 0.289. The first kappa shape index (κ1) is 14.3. The average Bonchev–Trinajstić information content (AvgIpc) is 2.84. The lowest BCUT2D eigenvalue weighted by molar-refractivity contribution is 0.436. The summed E-state index contributed by atoms with van der Waals surface area (Å²) in [6, 6.07) is 12.3. The van der Waals surface area contributed by atoms with E-state index in [4.69, 9.17) is 10.3 Å². The molecule has 2 aromatic carbocycles. The number of halogens is 3. The van der Waals surface area contributed by atoms with Crippen molar-refractivity contribution in [3.05, 3.63) is 57.2 Å². The van der Waals surface area contributed by atoms with Crippen molar-refractivity contribution in [2.75, 3.05) is 5.73 Å². The van der Waals surface area contributed by atoms with Crippen LogP contribution in [-0.2, 0) is 0 Å². The van der Waals surface area contributed by atoms with Gasteiger partial charge in [0.05, 0.1) is 10.0 Å². The lowest BCUT2D eigenvalue weighted by atomic mass is 10.0. The standard InChI is InChI=1S/C15H9Br2FN2O/c16-10-4-2-1-3-9(10)13-14(21-20-15(13)19)8-5-6-12(18)11(17)7-8/h1-7H,(H2,19,20). The van der Waals surface area contributed by atoms with E-state index in [2.05, 4.69) is 37.0 Å². The van der Waals surface area contributed by atoms with Crippen LogP contribution in [0.15, 0.2) is 55.9 Å². The minimum Gasteiger partial charge on any atom is -0.380 e. The van der Waals surface area contributed by atoms with E-state index < -0.39 is 0 Å². The number of nitrogens with zero attached hydrogens (tertiary/aromatic N) is 1. The van der Waals surface area contributed by atoms with E-state index in [1.165, 1.54) is 6.07 Å². The van der Waals surface area contributed by atoms with Crippen molar-refractivity contribution in [1.29, 1.82) is 0 Å². The molecule has 3 nitrogen and oxygen atoms in total. The average molecular weight is 412 g/mol. The summed E-state index contributed by atoms with van der Waals surface area (Å²) >= 11 is 6.66. The van der Waals surface area contributed by atoms with Crippen LogP contribution in [-0.4, -0.2) is 5.16 Å². The molecule has 3 rings (SSSR count). The van der Waals surface area contributed by atoms with E-state index in [0.717, 1.165) is 10.0 Å². The van der Waals surface area contributed by atoms with Gasteiger partial charge in [0, 0.05) is 15.6 Å². The van der Waals surface area contributed by atoms with Crippen LogP contribution < -0.4 is 5.73 Å². The molecule has 2 N–H and O–H groups in total. The molecule has 0 spiro atoms. The van der Waals surface area contributed by atoms with Crippen LogP contribution in [0.4, 0.5) is 10.2 Å². The van der Waals surface area contributed by atoms with E-state index in [9.17, 15) is 4.39 Å². The Morgan fingerprint density at radius 2 is 1.81 bits per heavy atom. The molecular formula is C15H9Br2FN2O. The predicted molar refractivity (Wildman–Crippen MR) is 87.1 cm³/mol. The fourth-order valence-corrected chi connectivity index (χ4v) is 2.92. The quantitative estimate of drug-likeness (QED) is 0.626. The Bertz CT molecular complexity index is 817. The van der Waals surface area contributed by atoms with Gasteiger partial charge in [0.25, 0.3) is 0 Å². The number of hydrogen-bond donors (Lipinski definition) is 1. The van der Waals surface area contributed by atoms with Gasteiger partial charge in [0.1, 0.15) is 5.82 Å². The molecule has 0 aliphatic rings. The van der Waals surface area contributed by atoms with Crippen molar-refractivity contribution in [2.45, 2.75) is 0 Å². The molecule has 6 heteroatoms. The van der Waals surface area contributed by atoms with E-state index in [0.29, 0.717) is 21.4 Å². The monoisotopic (exact) mass is 410 g/mol. The third kappa shape index (κ3) is 2.61. The second kappa shape index (κ2) is 5.61. The Morgan fingerprint density at radius 3 is 2.52 bits per heavy atom. The molecule has 0 aliphatic heterocycles. The lowest BCUT2D eigenvalue weighted by Gasteiger charge is -2.06. The summed E-state index contributed by atoms with van der Waals surface area (Å²) in [7, 11) is 0. The van der Waals surface area contributed by atoms with Crippen LogP contribution in [0, 0.1) is 5.82 Å². The fourth-order valence-electron chi connectivity index (χ4n) is 2.06. The van der Waals surface area contributed by atoms with Crippen LogP contribution in [0.1, 0.15) is 0 Å². The number of nitrogen functional groups attached to an aromatic ring is 1. The second-order valence-corrected chi connectivity index (χ2v) is 6.09. The molecule has 3 aromatic rings. The van der Waals surface area contributed by atoms with Gasteiger partial charge in [-0.15, -0.1) is 0 Å². The van der Waals surface area contributed by atoms with Crippen molar-refractivity contribution in [2.24, 2.45) is 0 Å². The van der Waals surface area contributed by atoms with Gasteiger partial charge < -0.3 is 10.3 Å². The van der Waals surface area contributed by atoms with Gasteiger partial charge in [-0.05, 0) is 40.2 Å². The largest absolute Gasteiger partial charge is 0.380 e. The predicted octanol–water partition coefficient (Wildman–Crippen LogP) is 5.25. The van der Waals surface area contributed by atoms with Crippen LogP contribution >= 0.6 is 31.9 Å². The second-order valence-electron chi connectivity index (χ2n) is 4.38. The number of aromatic nitrogens is 1. The number of benzene rings is 2. The Hall–Kier alpha value is -1.66. The molecule has 0 bridgehead atoms. The van der Waals surface area contributed by atoms with Crippen LogP contribution in [0.2, 0.25) is 0 Å². The maximum atomic E-state index is 13.4. The molecular weight excluding hydrogens is 403 g/mol. The molecule has 0 radical (unpaired) electrons. The summed E-state index contributed by atoms with van der Waals surface area (Å²) in [5.41, 5.74) is 8.18. The zero-order valence-corrected chi connectivity index (χ0v) is 13.8. The Labute approximate surface area is 137 Å². The topological polar surface area (TPSA) is 52.0 Å². The highest BCUT2D eigenvalue weighted by molar-refractivity contribution is 9.10. The third-order valence-electron chi connectivity index (χ3n) is 3.04. The fraction of sp³-hybridized carbons (Fsp3) is 0. The zero-order valence-electron chi connectivity index (χ0n) is 10.6. The van der Waals surface area contributed by atoms with E-state index in [-0.39, 0.29) is 11.6 Å². The Kier molecular flexibility index (Phi) is 3.82. The number of anilines is 1. The minimum atomic E-state index is -0.339. The normalized spacial score (nSPS) is 10.8. The summed E-state index contributed by atoms with van der Waals surface area (Å²) in [6.45, 7) is 0. The summed E-state index contributed by atoms with van der Waals surface area (Å²) in [5.74, 6) is 0.450. The number of nitrogens with two attached hydrogens (primary N) is 1. The summed E-state index contributed by atoms with van der Waals surface area (Å²) in [4.78, 5) is 0. The van der Waals surface area contributed by atoms with Gasteiger partial charge in [0.2, 0.25) is 0 Å². The summed E-state index contributed by atoms with van der Waals surface area (Å²) < 4.78 is 20.0. The highest BCUT2D eigenvalue weighted by atomic mass is 79.9. The van der Waals surface area contributed by atoms with Gasteiger partial charge in [-0.3, -0.25) is 0 Å². The smallest absolute Gasteiger partial charge is 0.176 e. The van der Waals surface area contributed by atoms with Gasteiger partial charge in [0.15, 0.2) is 11.6 Å². The van der Waals surface area contributed by atoms with Crippen LogP contribution in [0.5, 0.6) is 0 Å². The molecule has 0 amide bonds. The molecule has 106 valence electrons. The highest BCUT2D eigenvalue weighted by Crippen LogP contribution is 2.40. The van der Waals surface area contributed by atoms with Crippen molar-refractivity contribution >= 4 is 37.7 Å². The third-order valence-corrected chi connectivity index (χ3v) is 4.34. The molecule has 0 aliphatic carbocycles. The zero-order chi connectivity index (χ0) is 15.0. The SMILES string of the molecule is Nc1noc(-c2ccc(F)c(Br)c2)c1-c1ccccc1Br. The maximum absolute atomic E-state index is 13.4. The molecule has 21 heavy (non-hydrogen) atoms.